The lowest BCUT2D eigenvalue weighted by molar-refractivity contribution is 0.0718. The summed E-state index contributed by atoms with van der Waals surface area (Å²) >= 11 is 0. The predicted molar refractivity (Wildman–Crippen MR) is 142 cm³/mol. The molecule has 8 nitrogen and oxygen atoms in total. The number of carbonyl (C=O) groups excluding carboxylic acids is 3. The van der Waals surface area contributed by atoms with Gasteiger partial charge < -0.3 is 24.4 Å². The van der Waals surface area contributed by atoms with Gasteiger partial charge in [-0.05, 0) is 68.7 Å². The molecule has 1 aromatic heterocycles. The summed E-state index contributed by atoms with van der Waals surface area (Å²) in [4.78, 5) is 45.1. The van der Waals surface area contributed by atoms with Gasteiger partial charge in [0.05, 0.1) is 11.8 Å². The molecule has 0 bridgehead atoms. The Kier molecular flexibility index (Phi) is 7.25. The summed E-state index contributed by atoms with van der Waals surface area (Å²) in [7, 11) is 0. The predicted octanol–water partition coefficient (Wildman–Crippen LogP) is 4.43. The Balaban J connectivity index is 1.34. The number of hydrogen-bond acceptors (Lipinski definition) is 5. The van der Waals surface area contributed by atoms with Crippen LogP contribution in [0, 0.1) is 6.92 Å². The standard InChI is InChI=1S/C29H32N4O4/c1-21-7-9-22(10-8-21)28(35)33-17-15-31(16-18-33)25-12-11-23(30-27(34)26-6-5-19-37-26)20-24(25)29(36)32-13-3-2-4-14-32/h5-12,19-20H,2-4,13-18H2,1H3,(H,30,34). The SMILES string of the molecule is Cc1ccc(C(=O)N2CCN(c3ccc(NC(=O)c4ccco4)cc3C(=O)N3CCCCC3)CC2)cc1. The van der Waals surface area contributed by atoms with Crippen molar-refractivity contribution in [3.63, 3.8) is 0 Å². The molecule has 0 unspecified atom stereocenters. The van der Waals surface area contributed by atoms with Crippen molar-refractivity contribution in [3.8, 4) is 0 Å². The van der Waals surface area contributed by atoms with Crippen LogP contribution in [0.4, 0.5) is 11.4 Å². The van der Waals surface area contributed by atoms with E-state index >= 15 is 0 Å². The molecule has 3 heterocycles. The third-order valence-electron chi connectivity index (χ3n) is 7.08. The first kappa shape index (κ1) is 24.6. The van der Waals surface area contributed by atoms with Gasteiger partial charge in [-0.1, -0.05) is 17.7 Å². The number of nitrogens with one attached hydrogen (secondary N) is 1. The number of amides is 3. The van der Waals surface area contributed by atoms with E-state index in [9.17, 15) is 14.4 Å². The first-order valence-corrected chi connectivity index (χ1v) is 12.9. The molecule has 2 aliphatic heterocycles. The Hall–Kier alpha value is -4.07. The molecule has 2 aliphatic rings. The lowest BCUT2D eigenvalue weighted by Gasteiger charge is -2.37. The van der Waals surface area contributed by atoms with Crippen LogP contribution in [0.15, 0.2) is 65.3 Å². The van der Waals surface area contributed by atoms with Gasteiger partial charge in [-0.15, -0.1) is 0 Å². The average molecular weight is 501 g/mol. The second-order valence-corrected chi connectivity index (χ2v) is 9.66. The highest BCUT2D eigenvalue weighted by Gasteiger charge is 2.27. The van der Waals surface area contributed by atoms with Gasteiger partial charge in [-0.3, -0.25) is 14.4 Å². The second kappa shape index (κ2) is 10.9. The Labute approximate surface area is 216 Å². The minimum Gasteiger partial charge on any atom is -0.459 e. The van der Waals surface area contributed by atoms with Crippen molar-refractivity contribution in [2.24, 2.45) is 0 Å². The molecule has 0 aliphatic carbocycles. The zero-order chi connectivity index (χ0) is 25.8. The monoisotopic (exact) mass is 500 g/mol. The third kappa shape index (κ3) is 5.53. The van der Waals surface area contributed by atoms with Gasteiger partial charge in [0.15, 0.2) is 5.76 Å². The Bertz CT molecular complexity index is 1260. The van der Waals surface area contributed by atoms with E-state index < -0.39 is 0 Å². The molecule has 5 rings (SSSR count). The van der Waals surface area contributed by atoms with Crippen LogP contribution in [-0.2, 0) is 0 Å². The number of rotatable bonds is 5. The highest BCUT2D eigenvalue weighted by Crippen LogP contribution is 2.28. The molecule has 1 N–H and O–H groups in total. The molecule has 192 valence electrons. The summed E-state index contributed by atoms with van der Waals surface area (Å²) < 4.78 is 5.20. The summed E-state index contributed by atoms with van der Waals surface area (Å²) in [5.41, 5.74) is 3.75. The van der Waals surface area contributed by atoms with Crippen molar-refractivity contribution >= 4 is 29.1 Å². The van der Waals surface area contributed by atoms with Gasteiger partial charge in [-0.25, -0.2) is 0 Å². The van der Waals surface area contributed by atoms with E-state index in [0.717, 1.165) is 43.6 Å². The van der Waals surface area contributed by atoms with E-state index in [0.29, 0.717) is 43.0 Å². The van der Waals surface area contributed by atoms with E-state index in [4.69, 9.17) is 4.42 Å². The zero-order valence-electron chi connectivity index (χ0n) is 21.1. The van der Waals surface area contributed by atoms with Crippen LogP contribution < -0.4 is 10.2 Å². The fourth-order valence-electron chi connectivity index (χ4n) is 4.96. The van der Waals surface area contributed by atoms with Crippen LogP contribution >= 0.6 is 0 Å². The number of likely N-dealkylation sites (tertiary alicyclic amines) is 1. The van der Waals surface area contributed by atoms with Gasteiger partial charge in [0.2, 0.25) is 0 Å². The van der Waals surface area contributed by atoms with Crippen LogP contribution in [0.3, 0.4) is 0 Å². The van der Waals surface area contributed by atoms with Crippen LogP contribution in [0.1, 0.15) is 56.1 Å². The van der Waals surface area contributed by atoms with E-state index in [1.165, 1.54) is 6.26 Å². The summed E-state index contributed by atoms with van der Waals surface area (Å²) in [6, 6.07) is 16.4. The summed E-state index contributed by atoms with van der Waals surface area (Å²) in [6.45, 7) is 5.86. The number of carbonyl (C=O) groups is 3. The van der Waals surface area contributed by atoms with Gasteiger partial charge in [-0.2, -0.15) is 0 Å². The quantitative estimate of drug-likeness (QED) is 0.560. The largest absolute Gasteiger partial charge is 0.459 e. The molecule has 2 saturated heterocycles. The van der Waals surface area contributed by atoms with Crippen molar-refractivity contribution in [1.82, 2.24) is 9.80 Å². The minimum absolute atomic E-state index is 0.0260. The number of piperidine rings is 1. The Morgan fingerprint density at radius 3 is 2.16 bits per heavy atom. The first-order valence-electron chi connectivity index (χ1n) is 12.9. The van der Waals surface area contributed by atoms with Crippen molar-refractivity contribution in [3.05, 3.63) is 83.3 Å². The first-order chi connectivity index (χ1) is 18.0. The number of nitrogens with zero attached hydrogens (tertiary/aromatic N) is 3. The molecule has 37 heavy (non-hydrogen) atoms. The molecular weight excluding hydrogens is 468 g/mol. The highest BCUT2D eigenvalue weighted by atomic mass is 16.3. The Morgan fingerprint density at radius 2 is 1.49 bits per heavy atom. The number of furan rings is 1. The molecule has 3 amide bonds. The molecule has 2 fully saturated rings. The van der Waals surface area contributed by atoms with Crippen molar-refractivity contribution in [1.29, 1.82) is 0 Å². The van der Waals surface area contributed by atoms with Crippen molar-refractivity contribution < 1.29 is 18.8 Å². The van der Waals surface area contributed by atoms with Gasteiger partial charge in [0.25, 0.3) is 17.7 Å². The fraction of sp³-hybridized carbons (Fsp3) is 0.345. The number of anilines is 2. The number of hydrogen-bond donors (Lipinski definition) is 1. The molecule has 3 aromatic rings. The van der Waals surface area contributed by atoms with Gasteiger partial charge >= 0.3 is 0 Å². The van der Waals surface area contributed by atoms with E-state index in [1.54, 1.807) is 18.2 Å². The molecule has 2 aromatic carbocycles. The van der Waals surface area contributed by atoms with Crippen molar-refractivity contribution in [2.45, 2.75) is 26.2 Å². The molecule has 8 heteroatoms. The molecule has 0 atom stereocenters. The minimum atomic E-state index is -0.364. The maximum absolute atomic E-state index is 13.6. The molecule has 0 spiro atoms. The third-order valence-corrected chi connectivity index (χ3v) is 7.08. The average Bonchev–Trinajstić information content (AvgIpc) is 3.49. The lowest BCUT2D eigenvalue weighted by Crippen LogP contribution is -2.49. The van der Waals surface area contributed by atoms with Crippen molar-refractivity contribution in [2.75, 3.05) is 49.5 Å². The highest BCUT2D eigenvalue weighted by molar-refractivity contribution is 6.05. The summed E-state index contributed by atoms with van der Waals surface area (Å²) in [5, 5.41) is 2.84. The molecule has 0 radical (unpaired) electrons. The second-order valence-electron chi connectivity index (χ2n) is 9.66. The van der Waals surface area contributed by atoms with E-state index in [-0.39, 0.29) is 23.5 Å². The topological polar surface area (TPSA) is 86.1 Å². The van der Waals surface area contributed by atoms with Gasteiger partial charge in [0.1, 0.15) is 0 Å². The number of piperazine rings is 1. The van der Waals surface area contributed by atoms with Crippen LogP contribution in [0.5, 0.6) is 0 Å². The smallest absolute Gasteiger partial charge is 0.291 e. The molecule has 0 saturated carbocycles. The van der Waals surface area contributed by atoms with Crippen LogP contribution in [0.25, 0.3) is 0 Å². The lowest BCUT2D eigenvalue weighted by atomic mass is 10.0. The normalized spacial score (nSPS) is 16.0. The van der Waals surface area contributed by atoms with Crippen LogP contribution in [-0.4, -0.2) is 66.8 Å². The molecular formula is C29H32N4O4. The number of benzene rings is 2. The summed E-state index contributed by atoms with van der Waals surface area (Å²) in [5.74, 6) is -0.151. The number of aryl methyl sites for hydroxylation is 1. The van der Waals surface area contributed by atoms with E-state index in [2.05, 4.69) is 10.2 Å². The van der Waals surface area contributed by atoms with Crippen LogP contribution in [0.2, 0.25) is 0 Å². The summed E-state index contributed by atoms with van der Waals surface area (Å²) in [6.07, 6.45) is 4.57. The maximum Gasteiger partial charge on any atom is 0.291 e. The Morgan fingerprint density at radius 1 is 0.784 bits per heavy atom. The van der Waals surface area contributed by atoms with Gasteiger partial charge in [0, 0.05) is 56.2 Å². The van der Waals surface area contributed by atoms with E-state index in [1.807, 2.05) is 53.1 Å². The zero-order valence-corrected chi connectivity index (χ0v) is 21.1. The fourth-order valence-corrected chi connectivity index (χ4v) is 4.96. The maximum atomic E-state index is 13.6.